The number of hydrogen-bond donors (Lipinski definition) is 2. The van der Waals surface area contributed by atoms with Crippen molar-refractivity contribution in [3.05, 3.63) is 28.2 Å². The maximum Gasteiger partial charge on any atom is 0.341 e. The van der Waals surface area contributed by atoms with E-state index >= 15 is 0 Å². The van der Waals surface area contributed by atoms with Crippen molar-refractivity contribution in [3.8, 4) is 0 Å². The fourth-order valence-electron chi connectivity index (χ4n) is 2.71. The summed E-state index contributed by atoms with van der Waals surface area (Å²) in [4.78, 5) is 35.7. The summed E-state index contributed by atoms with van der Waals surface area (Å²) < 4.78 is 5.13. The molecule has 7 heteroatoms. The molecule has 1 aliphatic rings. The van der Waals surface area contributed by atoms with Crippen molar-refractivity contribution < 1.29 is 24.2 Å². The van der Waals surface area contributed by atoms with Crippen LogP contribution >= 0.6 is 11.3 Å². The zero-order valence-electron chi connectivity index (χ0n) is 13.0. The van der Waals surface area contributed by atoms with E-state index in [-0.39, 0.29) is 12.5 Å². The van der Waals surface area contributed by atoms with Crippen LogP contribution in [0.3, 0.4) is 0 Å². The number of ether oxygens (including phenoxy) is 1. The third kappa shape index (κ3) is 3.98. The first-order valence-electron chi connectivity index (χ1n) is 7.48. The molecule has 0 radical (unpaired) electrons. The van der Waals surface area contributed by atoms with E-state index in [2.05, 4.69) is 12.2 Å². The molecule has 6 nitrogen and oxygen atoms in total. The lowest BCUT2D eigenvalue weighted by Gasteiger charge is -2.19. The van der Waals surface area contributed by atoms with E-state index in [0.29, 0.717) is 10.6 Å². The molecule has 1 amide bonds. The third-order valence-electron chi connectivity index (χ3n) is 3.65. The standard InChI is InChI=1S/C16H19NO5S/c1-3-22-16(21)14-13-9(2)5-4-6-10(13)23-15(14)17-11(18)7-8-12(19)20/h7-9H,3-6H2,1-2H3,(H,17,18)(H,19,20)/t9-/m0/s1. The van der Waals surface area contributed by atoms with Gasteiger partial charge in [0.2, 0.25) is 5.91 Å². The Bertz CT molecular complexity index is 662. The largest absolute Gasteiger partial charge is 0.478 e. The molecule has 0 saturated carbocycles. The molecule has 124 valence electrons. The number of thiophene rings is 1. The first-order chi connectivity index (χ1) is 10.9. The number of esters is 1. The zero-order chi connectivity index (χ0) is 17.0. The number of carbonyl (C=O) groups is 3. The van der Waals surface area contributed by atoms with Crippen molar-refractivity contribution in [1.29, 1.82) is 0 Å². The summed E-state index contributed by atoms with van der Waals surface area (Å²) >= 11 is 1.37. The zero-order valence-corrected chi connectivity index (χ0v) is 13.9. The molecule has 0 aliphatic heterocycles. The molecular formula is C16H19NO5S. The predicted molar refractivity (Wildman–Crippen MR) is 87.0 cm³/mol. The molecule has 0 aromatic carbocycles. The minimum absolute atomic E-state index is 0.231. The number of carboxylic acid groups (broad SMARTS) is 1. The van der Waals surface area contributed by atoms with E-state index in [1.54, 1.807) is 6.92 Å². The highest BCUT2D eigenvalue weighted by Crippen LogP contribution is 2.43. The number of rotatable bonds is 5. The highest BCUT2D eigenvalue weighted by Gasteiger charge is 2.30. The van der Waals surface area contributed by atoms with Crippen molar-refractivity contribution in [1.82, 2.24) is 0 Å². The van der Waals surface area contributed by atoms with Gasteiger partial charge in [-0.1, -0.05) is 6.92 Å². The van der Waals surface area contributed by atoms with Crippen molar-refractivity contribution in [2.75, 3.05) is 11.9 Å². The van der Waals surface area contributed by atoms with Crippen LogP contribution < -0.4 is 5.32 Å². The summed E-state index contributed by atoms with van der Waals surface area (Å²) in [6.45, 7) is 4.04. The predicted octanol–water partition coefficient (Wildman–Crippen LogP) is 2.94. The van der Waals surface area contributed by atoms with Crippen LogP contribution in [0.25, 0.3) is 0 Å². The number of amides is 1. The number of aryl methyl sites for hydroxylation is 1. The summed E-state index contributed by atoms with van der Waals surface area (Å²) in [6.07, 6.45) is 4.60. The number of hydrogen-bond acceptors (Lipinski definition) is 5. The fourth-order valence-corrected chi connectivity index (χ4v) is 4.06. The van der Waals surface area contributed by atoms with Crippen LogP contribution in [0.4, 0.5) is 5.00 Å². The number of carboxylic acids is 1. The molecule has 0 unspecified atom stereocenters. The van der Waals surface area contributed by atoms with E-state index in [4.69, 9.17) is 9.84 Å². The molecule has 1 aliphatic carbocycles. The molecule has 0 bridgehead atoms. The molecule has 1 aromatic rings. The number of fused-ring (bicyclic) bond motifs is 1. The average Bonchev–Trinajstić information content (AvgIpc) is 2.84. The van der Waals surface area contributed by atoms with Crippen LogP contribution in [0.5, 0.6) is 0 Å². The maximum absolute atomic E-state index is 12.3. The second kappa shape index (κ2) is 7.41. The van der Waals surface area contributed by atoms with E-state index in [0.717, 1.165) is 41.9 Å². The van der Waals surface area contributed by atoms with Gasteiger partial charge in [-0.15, -0.1) is 11.3 Å². The SMILES string of the molecule is CCOC(=O)c1c(NC(=O)C=CC(=O)O)sc2c1[C@@H](C)CCC2. The van der Waals surface area contributed by atoms with Crippen molar-refractivity contribution in [3.63, 3.8) is 0 Å². The summed E-state index contributed by atoms with van der Waals surface area (Å²) in [5.74, 6) is -2.00. The third-order valence-corrected chi connectivity index (χ3v) is 4.83. The quantitative estimate of drug-likeness (QED) is 0.636. The Balaban J connectivity index is 2.36. The van der Waals surface area contributed by atoms with E-state index in [1.807, 2.05) is 0 Å². The van der Waals surface area contributed by atoms with Crippen LogP contribution in [-0.2, 0) is 20.7 Å². The Morgan fingerprint density at radius 2 is 2.13 bits per heavy atom. The minimum atomic E-state index is -1.20. The normalized spacial score (nSPS) is 16.9. The van der Waals surface area contributed by atoms with Crippen LogP contribution in [-0.4, -0.2) is 29.6 Å². The summed E-state index contributed by atoms with van der Waals surface area (Å²) in [5, 5.41) is 11.6. The van der Waals surface area contributed by atoms with Gasteiger partial charge >= 0.3 is 11.9 Å². The first kappa shape index (κ1) is 17.2. The molecule has 2 rings (SSSR count). The summed E-state index contributed by atoms with van der Waals surface area (Å²) in [6, 6.07) is 0. The average molecular weight is 337 g/mol. The Morgan fingerprint density at radius 1 is 1.39 bits per heavy atom. The Labute approximate surface area is 138 Å². The summed E-state index contributed by atoms with van der Waals surface area (Å²) in [5.41, 5.74) is 1.37. The molecule has 1 heterocycles. The maximum atomic E-state index is 12.3. The van der Waals surface area contributed by atoms with Gasteiger partial charge in [0.1, 0.15) is 5.00 Å². The van der Waals surface area contributed by atoms with Gasteiger partial charge in [0.05, 0.1) is 12.2 Å². The number of nitrogens with one attached hydrogen (secondary N) is 1. The molecule has 1 atom stereocenters. The molecular weight excluding hydrogens is 318 g/mol. The van der Waals surface area contributed by atoms with Gasteiger partial charge in [-0.05, 0) is 37.7 Å². The van der Waals surface area contributed by atoms with Crippen LogP contribution in [0, 0.1) is 0 Å². The molecule has 0 fully saturated rings. The Hall–Kier alpha value is -2.15. The molecule has 1 aromatic heterocycles. The lowest BCUT2D eigenvalue weighted by Crippen LogP contribution is -2.15. The topological polar surface area (TPSA) is 92.7 Å². The van der Waals surface area contributed by atoms with Crippen LogP contribution in [0.2, 0.25) is 0 Å². The van der Waals surface area contributed by atoms with Gasteiger partial charge in [0.25, 0.3) is 0 Å². The van der Waals surface area contributed by atoms with Crippen LogP contribution in [0.1, 0.15) is 53.4 Å². The summed E-state index contributed by atoms with van der Waals surface area (Å²) in [7, 11) is 0. The van der Waals surface area contributed by atoms with Crippen molar-refractivity contribution in [2.24, 2.45) is 0 Å². The lowest BCUT2D eigenvalue weighted by molar-refractivity contribution is -0.131. The van der Waals surface area contributed by atoms with Gasteiger partial charge < -0.3 is 15.2 Å². The van der Waals surface area contributed by atoms with Gasteiger partial charge in [0, 0.05) is 17.0 Å². The van der Waals surface area contributed by atoms with Gasteiger partial charge in [0.15, 0.2) is 0 Å². The van der Waals surface area contributed by atoms with Gasteiger partial charge in [-0.3, -0.25) is 4.79 Å². The highest BCUT2D eigenvalue weighted by atomic mass is 32.1. The fraction of sp³-hybridized carbons (Fsp3) is 0.438. The lowest BCUT2D eigenvalue weighted by atomic mass is 9.86. The highest BCUT2D eigenvalue weighted by molar-refractivity contribution is 7.17. The second-order valence-corrected chi connectivity index (χ2v) is 6.42. The monoisotopic (exact) mass is 337 g/mol. The number of anilines is 1. The van der Waals surface area contributed by atoms with Crippen LogP contribution in [0.15, 0.2) is 12.2 Å². The van der Waals surface area contributed by atoms with E-state index in [1.165, 1.54) is 11.3 Å². The number of carbonyl (C=O) groups excluding carboxylic acids is 2. The van der Waals surface area contributed by atoms with Gasteiger partial charge in [-0.2, -0.15) is 0 Å². The van der Waals surface area contributed by atoms with Gasteiger partial charge in [-0.25, -0.2) is 9.59 Å². The van der Waals surface area contributed by atoms with Crippen molar-refractivity contribution >= 4 is 34.2 Å². The Kier molecular flexibility index (Phi) is 5.54. The van der Waals surface area contributed by atoms with Crippen molar-refractivity contribution in [2.45, 2.75) is 39.0 Å². The van der Waals surface area contributed by atoms with E-state index in [9.17, 15) is 14.4 Å². The molecule has 2 N–H and O–H groups in total. The molecule has 0 spiro atoms. The minimum Gasteiger partial charge on any atom is -0.478 e. The number of aliphatic carboxylic acids is 1. The Morgan fingerprint density at radius 3 is 2.78 bits per heavy atom. The smallest absolute Gasteiger partial charge is 0.341 e. The first-order valence-corrected chi connectivity index (χ1v) is 8.30. The molecule has 0 saturated heterocycles. The van der Waals surface area contributed by atoms with E-state index < -0.39 is 17.8 Å². The second-order valence-electron chi connectivity index (χ2n) is 5.32. The molecule has 23 heavy (non-hydrogen) atoms.